The Labute approximate surface area is 195 Å². The van der Waals surface area contributed by atoms with Gasteiger partial charge in [-0.25, -0.2) is 9.59 Å². The summed E-state index contributed by atoms with van der Waals surface area (Å²) < 4.78 is 0. The van der Waals surface area contributed by atoms with Crippen LogP contribution in [0.4, 0.5) is 9.59 Å². The van der Waals surface area contributed by atoms with Gasteiger partial charge in [0, 0.05) is 13.1 Å². The van der Waals surface area contributed by atoms with Crippen LogP contribution >= 0.6 is 0 Å². The lowest BCUT2D eigenvalue weighted by atomic mass is 10.0. The topological polar surface area (TPSA) is 128 Å². The van der Waals surface area contributed by atoms with Gasteiger partial charge < -0.3 is 20.0 Å². The number of β-amino-alcohol motifs (C(OH)–C–C–N with tert-alkyl or cyclic N) is 2. The number of carbonyl (C=O) groups is 4. The Bertz CT molecular complexity index is 734. The molecule has 0 spiro atoms. The van der Waals surface area contributed by atoms with E-state index in [-0.39, 0.29) is 32.8 Å². The molecular formula is C21H38N6O6. The molecule has 2 heterocycles. The summed E-state index contributed by atoms with van der Waals surface area (Å²) in [6, 6.07) is -1.27. The summed E-state index contributed by atoms with van der Waals surface area (Å²) in [5.74, 6) is -0.973. The molecule has 0 unspecified atom stereocenters. The standard InChI is InChI=1S/C21H38N6O6/c1-20(2)16(30)24(11-14(28)9-22(5)6)18(32)26(20)13-27-19(33)25(17(31)21(27,3)4)12-15(29)10-23(7)8/h14-15,28-29H,9-13H2,1-8H3/t14-,15-/m1/s1. The first kappa shape index (κ1) is 27.0. The highest BCUT2D eigenvalue weighted by Crippen LogP contribution is 2.33. The maximum absolute atomic E-state index is 13.1. The van der Waals surface area contributed by atoms with Gasteiger partial charge in [0.15, 0.2) is 0 Å². The average Bonchev–Trinajstić information content (AvgIpc) is 2.91. The third-order valence-corrected chi connectivity index (χ3v) is 6.03. The number of amides is 6. The predicted octanol–water partition coefficient (Wildman–Crippen LogP) is -1.13. The van der Waals surface area contributed by atoms with Gasteiger partial charge in [0.1, 0.15) is 17.7 Å². The van der Waals surface area contributed by atoms with Gasteiger partial charge in [0.25, 0.3) is 11.8 Å². The van der Waals surface area contributed by atoms with E-state index in [2.05, 4.69) is 0 Å². The molecule has 2 aliphatic rings. The summed E-state index contributed by atoms with van der Waals surface area (Å²) in [6.45, 7) is 6.19. The second kappa shape index (κ2) is 9.53. The monoisotopic (exact) mass is 470 g/mol. The van der Waals surface area contributed by atoms with Crippen molar-refractivity contribution in [2.45, 2.75) is 51.0 Å². The van der Waals surface area contributed by atoms with E-state index in [9.17, 15) is 29.4 Å². The molecule has 0 saturated carbocycles. The summed E-state index contributed by atoms with van der Waals surface area (Å²) in [4.78, 5) is 60.2. The fourth-order valence-corrected chi connectivity index (χ4v) is 4.15. The lowest BCUT2D eigenvalue weighted by Crippen LogP contribution is -2.55. The van der Waals surface area contributed by atoms with Crippen molar-refractivity contribution < 1.29 is 29.4 Å². The van der Waals surface area contributed by atoms with Crippen LogP contribution in [0.3, 0.4) is 0 Å². The van der Waals surface area contributed by atoms with Crippen molar-refractivity contribution in [3.63, 3.8) is 0 Å². The van der Waals surface area contributed by atoms with Crippen LogP contribution in [-0.4, -0.2) is 148 Å². The molecule has 2 rings (SSSR count). The lowest BCUT2D eigenvalue weighted by molar-refractivity contribution is -0.134. The van der Waals surface area contributed by atoms with Crippen LogP contribution < -0.4 is 0 Å². The third kappa shape index (κ3) is 5.29. The first-order valence-electron chi connectivity index (χ1n) is 10.9. The number of aliphatic hydroxyl groups excluding tert-OH is 2. The Morgan fingerprint density at radius 1 is 0.697 bits per heavy atom. The Morgan fingerprint density at radius 2 is 1.00 bits per heavy atom. The van der Waals surface area contributed by atoms with Gasteiger partial charge in [-0.3, -0.25) is 29.2 Å². The number of hydrogen-bond acceptors (Lipinski definition) is 8. The Hall–Kier alpha value is -2.28. The minimum Gasteiger partial charge on any atom is -0.390 e. The Kier molecular flexibility index (Phi) is 7.79. The van der Waals surface area contributed by atoms with E-state index in [0.717, 1.165) is 9.80 Å². The SMILES string of the molecule is CN(C)C[C@@H](O)CN1C(=O)N(CN2C(=O)N(C[C@H](O)CN(C)C)C(=O)C2(C)C)C(C)(C)C1=O. The number of imide groups is 2. The number of carbonyl (C=O) groups excluding carboxylic acids is 4. The first-order valence-corrected chi connectivity index (χ1v) is 10.9. The van der Waals surface area contributed by atoms with Gasteiger partial charge in [0.05, 0.1) is 25.3 Å². The maximum atomic E-state index is 13.1. The molecule has 0 aromatic heterocycles. The smallest absolute Gasteiger partial charge is 0.329 e. The molecule has 0 aromatic rings. The number of nitrogens with zero attached hydrogens (tertiary/aromatic N) is 6. The van der Waals surface area contributed by atoms with Crippen LogP contribution in [0.2, 0.25) is 0 Å². The van der Waals surface area contributed by atoms with E-state index in [0.29, 0.717) is 0 Å². The van der Waals surface area contributed by atoms with Crippen LogP contribution in [0, 0.1) is 0 Å². The lowest BCUT2D eigenvalue weighted by Gasteiger charge is -2.36. The summed E-state index contributed by atoms with van der Waals surface area (Å²) in [5.41, 5.74) is -2.54. The summed E-state index contributed by atoms with van der Waals surface area (Å²) in [6.07, 6.45) is -1.85. The molecule has 33 heavy (non-hydrogen) atoms. The first-order chi connectivity index (χ1) is 15.0. The van der Waals surface area contributed by atoms with E-state index in [4.69, 9.17) is 0 Å². The number of urea groups is 2. The second-order valence-corrected chi connectivity index (χ2v) is 10.3. The molecular weight excluding hydrogens is 432 g/mol. The van der Waals surface area contributed by atoms with Crippen molar-refractivity contribution in [3.8, 4) is 0 Å². The molecule has 188 valence electrons. The van der Waals surface area contributed by atoms with Gasteiger partial charge in [-0.05, 0) is 55.9 Å². The van der Waals surface area contributed by atoms with Gasteiger partial charge >= 0.3 is 12.1 Å². The van der Waals surface area contributed by atoms with Crippen LogP contribution in [0.15, 0.2) is 0 Å². The Balaban J connectivity index is 2.23. The van der Waals surface area contributed by atoms with E-state index in [1.54, 1.807) is 65.7 Å². The molecule has 2 aliphatic heterocycles. The normalized spacial score (nSPS) is 22.4. The highest BCUT2D eigenvalue weighted by Gasteiger charge is 2.57. The van der Waals surface area contributed by atoms with Gasteiger partial charge in [-0.15, -0.1) is 0 Å². The molecule has 0 bridgehead atoms. The third-order valence-electron chi connectivity index (χ3n) is 6.03. The number of aliphatic hydroxyl groups is 2. The zero-order valence-corrected chi connectivity index (χ0v) is 20.9. The molecule has 6 amide bonds. The molecule has 12 heteroatoms. The van der Waals surface area contributed by atoms with Gasteiger partial charge in [-0.1, -0.05) is 0 Å². The molecule has 0 aromatic carbocycles. The number of rotatable bonds is 10. The zero-order valence-electron chi connectivity index (χ0n) is 20.9. The zero-order chi connectivity index (χ0) is 25.5. The van der Waals surface area contributed by atoms with E-state index < -0.39 is 47.2 Å². The minimum atomic E-state index is -1.27. The largest absolute Gasteiger partial charge is 0.390 e. The van der Waals surface area contributed by atoms with E-state index in [1.165, 1.54) is 9.80 Å². The highest BCUT2D eigenvalue weighted by atomic mass is 16.3. The number of likely N-dealkylation sites (N-methyl/N-ethyl adjacent to an activating group) is 2. The summed E-state index contributed by atoms with van der Waals surface area (Å²) >= 11 is 0. The van der Waals surface area contributed by atoms with Gasteiger partial charge in [0.2, 0.25) is 0 Å². The van der Waals surface area contributed by atoms with Crippen molar-refractivity contribution in [2.75, 3.05) is 61.0 Å². The molecule has 2 fully saturated rings. The molecule has 2 atom stereocenters. The van der Waals surface area contributed by atoms with E-state index >= 15 is 0 Å². The van der Waals surface area contributed by atoms with Crippen LogP contribution in [0.25, 0.3) is 0 Å². The van der Waals surface area contributed by atoms with Crippen LogP contribution in [0.5, 0.6) is 0 Å². The molecule has 2 N–H and O–H groups in total. The van der Waals surface area contributed by atoms with Crippen molar-refractivity contribution in [3.05, 3.63) is 0 Å². The maximum Gasteiger partial charge on any atom is 0.329 e. The van der Waals surface area contributed by atoms with Gasteiger partial charge in [-0.2, -0.15) is 0 Å². The molecule has 12 nitrogen and oxygen atoms in total. The van der Waals surface area contributed by atoms with Crippen molar-refractivity contribution in [1.29, 1.82) is 0 Å². The fourth-order valence-electron chi connectivity index (χ4n) is 4.15. The van der Waals surface area contributed by atoms with Crippen molar-refractivity contribution >= 4 is 23.9 Å². The minimum absolute atomic E-state index is 0.172. The van der Waals surface area contributed by atoms with Crippen LogP contribution in [-0.2, 0) is 9.59 Å². The van der Waals surface area contributed by atoms with Crippen molar-refractivity contribution in [1.82, 2.24) is 29.4 Å². The number of hydrogen-bond donors (Lipinski definition) is 2. The van der Waals surface area contributed by atoms with Crippen molar-refractivity contribution in [2.24, 2.45) is 0 Å². The quantitative estimate of drug-likeness (QED) is 0.384. The molecule has 0 aliphatic carbocycles. The van der Waals surface area contributed by atoms with E-state index in [1.807, 2.05) is 0 Å². The fraction of sp³-hybridized carbons (Fsp3) is 0.810. The highest BCUT2D eigenvalue weighted by molar-refractivity contribution is 6.08. The predicted molar refractivity (Wildman–Crippen MR) is 120 cm³/mol. The summed E-state index contributed by atoms with van der Waals surface area (Å²) in [5, 5.41) is 20.5. The Morgan fingerprint density at radius 3 is 1.27 bits per heavy atom. The summed E-state index contributed by atoms with van der Waals surface area (Å²) in [7, 11) is 7.08. The average molecular weight is 471 g/mol. The van der Waals surface area contributed by atoms with Crippen LogP contribution in [0.1, 0.15) is 27.7 Å². The molecule has 2 saturated heterocycles. The second-order valence-electron chi connectivity index (χ2n) is 10.3. The molecule has 0 radical (unpaired) electrons.